The van der Waals surface area contributed by atoms with E-state index in [2.05, 4.69) is 16.0 Å². The van der Waals surface area contributed by atoms with Gasteiger partial charge < -0.3 is 25.4 Å². The van der Waals surface area contributed by atoms with E-state index in [4.69, 9.17) is 9.47 Å². The molecule has 1 aliphatic heterocycles. The Morgan fingerprint density at radius 3 is 1.88 bits per heavy atom. The fraction of sp³-hybridized carbons (Fsp3) is 0.395. The summed E-state index contributed by atoms with van der Waals surface area (Å²) in [5, 5.41) is 8.47. The van der Waals surface area contributed by atoms with Crippen molar-refractivity contribution < 1.29 is 33.4 Å². The molecule has 1 aliphatic rings. The second kappa shape index (κ2) is 19.2. The fourth-order valence-electron chi connectivity index (χ4n) is 5.51. The van der Waals surface area contributed by atoms with Gasteiger partial charge in [-0.2, -0.15) is 0 Å². The van der Waals surface area contributed by atoms with Crippen LogP contribution in [0.2, 0.25) is 0 Å². The third kappa shape index (κ3) is 12.6. The van der Waals surface area contributed by atoms with E-state index < -0.39 is 41.9 Å². The molecule has 3 amide bonds. The number of carbonyl (C=O) groups is 5. The van der Waals surface area contributed by atoms with Crippen molar-refractivity contribution in [3.8, 4) is 0 Å². The first-order valence-corrected chi connectivity index (χ1v) is 16.8. The van der Waals surface area contributed by atoms with Crippen molar-refractivity contribution in [1.82, 2.24) is 20.9 Å². The molecule has 3 aromatic carbocycles. The zero-order chi connectivity index (χ0) is 35.0. The summed E-state index contributed by atoms with van der Waals surface area (Å²) in [5.74, 6) is -3.17. The summed E-state index contributed by atoms with van der Waals surface area (Å²) in [4.78, 5) is 68.8. The number of esters is 2. The van der Waals surface area contributed by atoms with E-state index in [1.807, 2.05) is 55.1 Å². The summed E-state index contributed by atoms with van der Waals surface area (Å²) in [6, 6.07) is 23.6. The minimum Gasteiger partial charge on any atom is -0.388 e. The fourth-order valence-corrected chi connectivity index (χ4v) is 5.51. The summed E-state index contributed by atoms with van der Waals surface area (Å²) in [6.45, 7) is 6.27. The standard InChI is InChI=1S/C38H46N4O7/c1-27(2)24-32(36(45)41-33(25-29-14-8-4-9-15-29)38(47)49-37(46)30-16-10-5-11-17-30)40-35(44)31(19-18-28-12-6-3-7-13-28)39-34(43)26-42-20-22-48-23-21-42/h3-17,27,31-33H,18-26H2,1-2H3,(H,39,43)(H,40,44)(H,41,45)/t31-,32?,33-/m0/s1. The highest BCUT2D eigenvalue weighted by Gasteiger charge is 2.32. The molecular weight excluding hydrogens is 624 g/mol. The van der Waals surface area contributed by atoms with Crippen molar-refractivity contribution in [1.29, 1.82) is 0 Å². The van der Waals surface area contributed by atoms with E-state index in [0.717, 1.165) is 11.1 Å². The Labute approximate surface area is 287 Å². The molecule has 11 heteroatoms. The highest BCUT2D eigenvalue weighted by molar-refractivity contribution is 5.99. The molecule has 0 aromatic heterocycles. The number of amides is 3. The maximum atomic E-state index is 13.8. The topological polar surface area (TPSA) is 143 Å². The SMILES string of the molecule is CC(C)CC(NC(=O)[C@H](CCc1ccccc1)NC(=O)CN1CCOCC1)C(=O)N[C@@H](Cc1ccccc1)C(=O)OC(=O)c1ccccc1. The van der Waals surface area contributed by atoms with E-state index in [-0.39, 0.29) is 36.8 Å². The van der Waals surface area contributed by atoms with Crippen molar-refractivity contribution in [2.75, 3.05) is 32.8 Å². The molecule has 3 atom stereocenters. The van der Waals surface area contributed by atoms with Crippen LogP contribution < -0.4 is 16.0 Å². The second-order valence-electron chi connectivity index (χ2n) is 12.5. The highest BCUT2D eigenvalue weighted by Crippen LogP contribution is 2.12. The van der Waals surface area contributed by atoms with E-state index >= 15 is 0 Å². The van der Waals surface area contributed by atoms with Gasteiger partial charge in [-0.25, -0.2) is 9.59 Å². The molecule has 0 radical (unpaired) electrons. The van der Waals surface area contributed by atoms with Crippen LogP contribution in [0.25, 0.3) is 0 Å². The average Bonchev–Trinajstić information content (AvgIpc) is 3.10. The molecule has 0 spiro atoms. The molecule has 3 aromatic rings. The summed E-state index contributed by atoms with van der Waals surface area (Å²) in [6.07, 6.45) is 1.16. The number of rotatable bonds is 16. The van der Waals surface area contributed by atoms with Crippen LogP contribution in [0.1, 0.15) is 48.2 Å². The van der Waals surface area contributed by atoms with Gasteiger partial charge in [0.2, 0.25) is 17.7 Å². The van der Waals surface area contributed by atoms with Crippen molar-refractivity contribution in [2.45, 2.75) is 57.7 Å². The lowest BCUT2D eigenvalue weighted by atomic mass is 10.00. The molecule has 0 saturated carbocycles. The number of aryl methyl sites for hydroxylation is 1. The molecule has 0 bridgehead atoms. The van der Waals surface area contributed by atoms with E-state index in [9.17, 15) is 24.0 Å². The Morgan fingerprint density at radius 1 is 0.714 bits per heavy atom. The monoisotopic (exact) mass is 670 g/mol. The van der Waals surface area contributed by atoms with Gasteiger partial charge >= 0.3 is 11.9 Å². The number of hydrogen-bond donors (Lipinski definition) is 3. The Morgan fingerprint density at radius 2 is 1.27 bits per heavy atom. The zero-order valence-electron chi connectivity index (χ0n) is 28.1. The summed E-state index contributed by atoms with van der Waals surface area (Å²) in [7, 11) is 0. The summed E-state index contributed by atoms with van der Waals surface area (Å²) in [5.41, 5.74) is 1.94. The number of nitrogens with one attached hydrogen (secondary N) is 3. The van der Waals surface area contributed by atoms with Gasteiger partial charge in [-0.3, -0.25) is 19.3 Å². The third-order valence-electron chi connectivity index (χ3n) is 8.11. The molecule has 1 fully saturated rings. The largest absolute Gasteiger partial charge is 0.388 e. The minimum atomic E-state index is -1.21. The van der Waals surface area contributed by atoms with Crippen molar-refractivity contribution in [2.24, 2.45) is 5.92 Å². The van der Waals surface area contributed by atoms with Crippen molar-refractivity contribution in [3.05, 3.63) is 108 Å². The molecule has 11 nitrogen and oxygen atoms in total. The average molecular weight is 671 g/mol. The van der Waals surface area contributed by atoms with Gasteiger partial charge in [-0.15, -0.1) is 0 Å². The molecule has 4 rings (SSSR count). The normalized spacial score (nSPS) is 15.0. The maximum absolute atomic E-state index is 13.8. The first-order chi connectivity index (χ1) is 23.7. The van der Waals surface area contributed by atoms with Gasteiger partial charge in [-0.1, -0.05) is 92.7 Å². The number of benzene rings is 3. The Kier molecular flexibility index (Phi) is 14.5. The lowest BCUT2D eigenvalue weighted by Gasteiger charge is -2.28. The number of carbonyl (C=O) groups excluding carboxylic acids is 5. The van der Waals surface area contributed by atoms with E-state index in [1.54, 1.807) is 42.5 Å². The van der Waals surface area contributed by atoms with Gasteiger partial charge in [0, 0.05) is 19.5 Å². The highest BCUT2D eigenvalue weighted by atomic mass is 16.6. The Hall–Kier alpha value is -4.87. The van der Waals surface area contributed by atoms with Crippen LogP contribution in [0, 0.1) is 5.92 Å². The molecule has 0 aliphatic carbocycles. The van der Waals surface area contributed by atoms with Gasteiger partial charge in [-0.05, 0) is 48.4 Å². The Balaban J connectivity index is 1.49. The second-order valence-corrected chi connectivity index (χ2v) is 12.5. The van der Waals surface area contributed by atoms with Crippen molar-refractivity contribution in [3.63, 3.8) is 0 Å². The predicted molar refractivity (Wildman–Crippen MR) is 184 cm³/mol. The first-order valence-electron chi connectivity index (χ1n) is 16.8. The van der Waals surface area contributed by atoms with E-state index in [0.29, 0.717) is 39.1 Å². The van der Waals surface area contributed by atoms with Gasteiger partial charge in [0.1, 0.15) is 18.1 Å². The van der Waals surface area contributed by atoms with Gasteiger partial charge in [0.25, 0.3) is 0 Å². The lowest BCUT2D eigenvalue weighted by Crippen LogP contribution is -2.57. The zero-order valence-corrected chi connectivity index (χ0v) is 28.1. The molecule has 1 heterocycles. The molecule has 260 valence electrons. The molecule has 1 unspecified atom stereocenters. The minimum absolute atomic E-state index is 0.00564. The first kappa shape index (κ1) is 37.0. The molecule has 49 heavy (non-hydrogen) atoms. The molecule has 1 saturated heterocycles. The van der Waals surface area contributed by atoms with Crippen LogP contribution in [-0.4, -0.2) is 85.5 Å². The van der Waals surface area contributed by atoms with E-state index in [1.165, 1.54) is 12.1 Å². The number of ether oxygens (including phenoxy) is 2. The third-order valence-corrected chi connectivity index (χ3v) is 8.11. The number of hydrogen-bond acceptors (Lipinski definition) is 8. The number of morpholine rings is 1. The molecule has 3 N–H and O–H groups in total. The van der Waals surface area contributed by atoms with Crippen LogP contribution in [0.4, 0.5) is 0 Å². The summed E-state index contributed by atoms with van der Waals surface area (Å²) < 4.78 is 10.6. The smallest absolute Gasteiger partial charge is 0.345 e. The van der Waals surface area contributed by atoms with Crippen LogP contribution in [0.3, 0.4) is 0 Å². The maximum Gasteiger partial charge on any atom is 0.345 e. The van der Waals surface area contributed by atoms with Crippen molar-refractivity contribution >= 4 is 29.7 Å². The van der Waals surface area contributed by atoms with Crippen LogP contribution in [0.5, 0.6) is 0 Å². The molecular formula is C38H46N4O7. The van der Waals surface area contributed by atoms with Crippen LogP contribution in [-0.2, 0) is 41.5 Å². The van der Waals surface area contributed by atoms with Crippen LogP contribution >= 0.6 is 0 Å². The van der Waals surface area contributed by atoms with Gasteiger partial charge in [0.05, 0.1) is 25.3 Å². The lowest BCUT2D eigenvalue weighted by molar-refractivity contribution is -0.143. The Bertz CT molecular complexity index is 1510. The predicted octanol–water partition coefficient (Wildman–Crippen LogP) is 3.08. The summed E-state index contributed by atoms with van der Waals surface area (Å²) >= 11 is 0. The quantitative estimate of drug-likeness (QED) is 0.156. The number of nitrogens with zero attached hydrogens (tertiary/aromatic N) is 1. The van der Waals surface area contributed by atoms with Crippen LogP contribution in [0.15, 0.2) is 91.0 Å². The van der Waals surface area contributed by atoms with Gasteiger partial charge in [0.15, 0.2) is 0 Å².